The van der Waals surface area contributed by atoms with Crippen LogP contribution in [-0.4, -0.2) is 36.2 Å². The summed E-state index contributed by atoms with van der Waals surface area (Å²) in [7, 11) is 1.45. The van der Waals surface area contributed by atoms with E-state index in [2.05, 4.69) is 14.7 Å². The van der Waals surface area contributed by atoms with Gasteiger partial charge in [-0.25, -0.2) is 14.4 Å². The number of aliphatic imine (C=N–C) groups is 1. The van der Waals surface area contributed by atoms with E-state index in [1.807, 2.05) is 0 Å². The van der Waals surface area contributed by atoms with Gasteiger partial charge >= 0.3 is 6.18 Å². The van der Waals surface area contributed by atoms with Crippen molar-refractivity contribution in [2.75, 3.05) is 7.11 Å². The zero-order valence-electron chi connectivity index (χ0n) is 16.5. The highest BCUT2D eigenvalue weighted by molar-refractivity contribution is 6.30. The summed E-state index contributed by atoms with van der Waals surface area (Å²) < 4.78 is 64.1. The van der Waals surface area contributed by atoms with Crippen molar-refractivity contribution in [1.29, 1.82) is 0 Å². The summed E-state index contributed by atoms with van der Waals surface area (Å²) in [6, 6.07) is 4.81. The highest BCUT2D eigenvalue weighted by Crippen LogP contribution is 2.42. The third-order valence-electron chi connectivity index (χ3n) is 4.86. The minimum atomic E-state index is -4.73. The van der Waals surface area contributed by atoms with Gasteiger partial charge in [0, 0.05) is 18.4 Å². The van der Waals surface area contributed by atoms with E-state index in [4.69, 9.17) is 22.1 Å². The summed E-state index contributed by atoms with van der Waals surface area (Å²) >= 11 is 5.98. The van der Waals surface area contributed by atoms with Crippen molar-refractivity contribution < 1.29 is 31.8 Å². The lowest BCUT2D eigenvalue weighted by molar-refractivity contribution is -0.208. The van der Waals surface area contributed by atoms with E-state index >= 15 is 0 Å². The predicted molar refractivity (Wildman–Crippen MR) is 105 cm³/mol. The Morgan fingerprint density at radius 3 is 2.68 bits per heavy atom. The fraction of sp³-hybridized carbons (Fsp3) is 0.350. The van der Waals surface area contributed by atoms with Crippen LogP contribution in [0, 0.1) is 5.82 Å². The average Bonchev–Trinajstić information content (AvgIpc) is 2.69. The molecule has 2 aromatic rings. The van der Waals surface area contributed by atoms with Crippen LogP contribution in [0.2, 0.25) is 5.02 Å². The van der Waals surface area contributed by atoms with Crippen LogP contribution in [-0.2, 0) is 16.7 Å². The van der Waals surface area contributed by atoms with Gasteiger partial charge < -0.3 is 15.2 Å². The molecule has 0 amide bonds. The van der Waals surface area contributed by atoms with E-state index in [9.17, 15) is 22.4 Å². The molecule has 0 spiro atoms. The molecule has 11 heteroatoms. The second kappa shape index (κ2) is 8.33. The number of nitrogens with two attached hydrogens (primary N) is 1. The van der Waals surface area contributed by atoms with Crippen LogP contribution in [0.25, 0.3) is 0 Å². The minimum absolute atomic E-state index is 0.138. The molecule has 1 aliphatic rings. The van der Waals surface area contributed by atoms with Crippen molar-refractivity contribution in [1.82, 2.24) is 4.98 Å². The number of carbonyl (C=O) groups is 1. The quantitative estimate of drug-likeness (QED) is 0.535. The number of halogens is 5. The van der Waals surface area contributed by atoms with Gasteiger partial charge in [0.1, 0.15) is 17.3 Å². The molecule has 0 aliphatic carbocycles. The Labute approximate surface area is 180 Å². The summed E-state index contributed by atoms with van der Waals surface area (Å²) in [5.74, 6) is -0.877. The topological polar surface area (TPSA) is 86.8 Å². The van der Waals surface area contributed by atoms with Gasteiger partial charge in [-0.3, -0.25) is 4.79 Å². The summed E-state index contributed by atoms with van der Waals surface area (Å²) in [5.41, 5.74) is 3.95. The maximum Gasteiger partial charge on any atom is 0.425 e. The van der Waals surface area contributed by atoms with Crippen molar-refractivity contribution >= 4 is 23.4 Å². The van der Waals surface area contributed by atoms with E-state index in [1.54, 1.807) is 6.07 Å². The monoisotopic (exact) mass is 459 g/mol. The van der Waals surface area contributed by atoms with Gasteiger partial charge in [-0.05, 0) is 36.8 Å². The van der Waals surface area contributed by atoms with Gasteiger partial charge in [-0.15, -0.1) is 0 Å². The van der Waals surface area contributed by atoms with E-state index in [-0.39, 0.29) is 28.3 Å². The average molecular weight is 460 g/mol. The number of pyridine rings is 1. The first-order chi connectivity index (χ1) is 14.4. The minimum Gasteiger partial charge on any atom is -0.495 e. The number of benzene rings is 1. The second-order valence-corrected chi connectivity index (χ2v) is 7.61. The molecule has 1 aromatic heterocycles. The molecule has 0 bridgehead atoms. The fourth-order valence-corrected chi connectivity index (χ4v) is 3.54. The van der Waals surface area contributed by atoms with Crippen molar-refractivity contribution in [2.45, 2.75) is 37.6 Å². The first-order valence-corrected chi connectivity index (χ1v) is 9.41. The highest BCUT2D eigenvalue weighted by atomic mass is 35.5. The lowest BCUT2D eigenvalue weighted by Crippen LogP contribution is -2.46. The van der Waals surface area contributed by atoms with Gasteiger partial charge in [0.05, 0.1) is 23.9 Å². The zero-order valence-corrected chi connectivity index (χ0v) is 17.2. The molecule has 0 saturated carbocycles. The smallest absolute Gasteiger partial charge is 0.425 e. The molecule has 0 radical (unpaired) electrons. The number of carbonyl (C=O) groups excluding carboxylic acids is 1. The Hall–Kier alpha value is -2.88. The maximum absolute atomic E-state index is 14.8. The van der Waals surface area contributed by atoms with Gasteiger partial charge in [-0.1, -0.05) is 11.6 Å². The molecule has 2 heterocycles. The van der Waals surface area contributed by atoms with Crippen molar-refractivity contribution in [3.63, 3.8) is 0 Å². The third-order valence-corrected chi connectivity index (χ3v) is 5.13. The predicted octanol–water partition coefficient (Wildman–Crippen LogP) is 4.19. The third kappa shape index (κ3) is 4.90. The Morgan fingerprint density at radius 2 is 2.10 bits per heavy atom. The Bertz CT molecular complexity index is 1030. The number of hydrogen-bond acceptors (Lipinski definition) is 6. The van der Waals surface area contributed by atoms with Crippen LogP contribution in [0.3, 0.4) is 0 Å². The van der Waals surface area contributed by atoms with E-state index in [1.165, 1.54) is 38.4 Å². The Morgan fingerprint density at radius 1 is 1.39 bits per heavy atom. The molecule has 2 atom stereocenters. The molecule has 1 aromatic carbocycles. The molecule has 2 N–H and O–H groups in total. The Kier molecular flexibility index (Phi) is 6.13. The molecular weight excluding hydrogens is 442 g/mol. The summed E-state index contributed by atoms with van der Waals surface area (Å²) in [4.78, 5) is 20.5. The molecule has 31 heavy (non-hydrogen) atoms. The number of aromatic nitrogens is 1. The number of amidine groups is 1. The first-order valence-electron chi connectivity index (χ1n) is 9.03. The highest BCUT2D eigenvalue weighted by Gasteiger charge is 2.50. The van der Waals surface area contributed by atoms with Gasteiger partial charge in [0.25, 0.3) is 6.02 Å². The second-order valence-electron chi connectivity index (χ2n) is 7.20. The van der Waals surface area contributed by atoms with Crippen LogP contribution < -0.4 is 10.5 Å². The Balaban J connectivity index is 1.95. The maximum atomic E-state index is 14.8. The molecule has 166 valence electrons. The van der Waals surface area contributed by atoms with Crippen LogP contribution >= 0.6 is 11.6 Å². The first kappa shape index (κ1) is 22.8. The van der Waals surface area contributed by atoms with E-state index in [0.717, 1.165) is 0 Å². The molecule has 0 saturated heterocycles. The summed E-state index contributed by atoms with van der Waals surface area (Å²) in [5, 5.41) is -0.354. The summed E-state index contributed by atoms with van der Waals surface area (Å²) in [6.45, 7) is 1.30. The molecule has 3 rings (SSSR count). The molecule has 0 fully saturated rings. The van der Waals surface area contributed by atoms with Crippen LogP contribution in [0.5, 0.6) is 5.75 Å². The SMILES string of the molecule is COc1ccc(C(=O)Cc2cc(Cl)c(F)c([C@]3(C)C[C@@H](C(F)(F)F)OC(N)=N3)c2)nc1. The molecular formula is C20H18ClF4N3O3. The summed E-state index contributed by atoms with van der Waals surface area (Å²) in [6.07, 6.45) is -6.53. The number of Topliss-reactive ketones (excluding diaryl/α,β-unsaturated/α-hetero) is 1. The van der Waals surface area contributed by atoms with Gasteiger partial charge in [0.15, 0.2) is 11.9 Å². The van der Waals surface area contributed by atoms with E-state index in [0.29, 0.717) is 5.75 Å². The van der Waals surface area contributed by atoms with Crippen LogP contribution in [0.15, 0.2) is 35.5 Å². The van der Waals surface area contributed by atoms with Crippen molar-refractivity contribution in [3.05, 3.63) is 58.1 Å². The number of ether oxygens (including phenoxy) is 2. The number of methoxy groups -OCH3 is 1. The lowest BCUT2D eigenvalue weighted by atomic mass is 9.84. The number of alkyl halides is 3. The fourth-order valence-electron chi connectivity index (χ4n) is 3.30. The normalized spacial score (nSPS) is 21.3. The van der Waals surface area contributed by atoms with Gasteiger partial charge in [-0.2, -0.15) is 13.2 Å². The van der Waals surface area contributed by atoms with Crippen molar-refractivity contribution in [2.24, 2.45) is 10.7 Å². The molecule has 1 aliphatic heterocycles. The molecule has 0 unspecified atom stereocenters. The number of nitrogens with zero attached hydrogens (tertiary/aromatic N) is 2. The standard InChI is InChI=1S/C20H18ClF4N3O3/c1-19(8-16(20(23,24)25)31-18(26)28-19)12-5-10(6-13(21)17(12)22)7-15(29)14-4-3-11(30-2)9-27-14/h3-6,9,16H,7-8H2,1-2H3,(H2,26,28)/t16-,19-/m0/s1. The van der Waals surface area contributed by atoms with Crippen LogP contribution in [0.1, 0.15) is 35.0 Å². The zero-order chi connectivity index (χ0) is 23.0. The molecule has 6 nitrogen and oxygen atoms in total. The largest absolute Gasteiger partial charge is 0.495 e. The van der Waals surface area contributed by atoms with E-state index < -0.39 is 41.9 Å². The van der Waals surface area contributed by atoms with Gasteiger partial charge in [0.2, 0.25) is 0 Å². The lowest BCUT2D eigenvalue weighted by Gasteiger charge is -2.36. The number of rotatable bonds is 5. The number of ketones is 1. The number of hydrogen-bond donors (Lipinski definition) is 1. The van der Waals surface area contributed by atoms with Crippen molar-refractivity contribution in [3.8, 4) is 5.75 Å². The van der Waals surface area contributed by atoms with Crippen LogP contribution in [0.4, 0.5) is 17.6 Å².